The first kappa shape index (κ1) is 19.6. The van der Waals surface area contributed by atoms with Gasteiger partial charge in [-0.05, 0) is 18.6 Å². The van der Waals surface area contributed by atoms with Gasteiger partial charge in [-0.25, -0.2) is 0 Å². The Labute approximate surface area is 152 Å². The number of anilines is 1. The molecule has 0 aliphatic carbocycles. The van der Waals surface area contributed by atoms with Crippen molar-refractivity contribution in [3.8, 4) is 5.75 Å². The summed E-state index contributed by atoms with van der Waals surface area (Å²) < 4.78 is 5.87. The topological polar surface area (TPSA) is 41.6 Å². The van der Waals surface area contributed by atoms with Crippen molar-refractivity contribution in [2.24, 2.45) is 0 Å². The third-order valence-electron chi connectivity index (χ3n) is 4.72. The zero-order valence-electron chi connectivity index (χ0n) is 15.8. The fraction of sp³-hybridized carbons (Fsp3) is 0.667. The van der Waals surface area contributed by atoms with Crippen molar-refractivity contribution in [3.05, 3.63) is 24.3 Å². The van der Waals surface area contributed by atoms with Gasteiger partial charge in [0.05, 0.1) is 12.3 Å². The molecule has 1 saturated heterocycles. The number of rotatable bonds is 13. The smallest absolute Gasteiger partial charge is 0.240 e. The van der Waals surface area contributed by atoms with E-state index in [-0.39, 0.29) is 5.91 Å². The van der Waals surface area contributed by atoms with Crippen LogP contribution in [0.25, 0.3) is 0 Å². The van der Waals surface area contributed by atoms with E-state index in [9.17, 15) is 4.79 Å². The molecule has 1 fully saturated rings. The summed E-state index contributed by atoms with van der Waals surface area (Å²) in [5.41, 5.74) is 3.84. The zero-order chi connectivity index (χ0) is 17.7. The molecular formula is C21H34N2O2. The number of benzene rings is 1. The van der Waals surface area contributed by atoms with Crippen LogP contribution in [0.15, 0.2) is 24.3 Å². The lowest BCUT2D eigenvalue weighted by Gasteiger charge is -2.18. The lowest BCUT2D eigenvalue weighted by atomic mass is 10.1. The van der Waals surface area contributed by atoms with Crippen LogP contribution >= 0.6 is 0 Å². The Hall–Kier alpha value is -1.71. The highest BCUT2D eigenvalue weighted by molar-refractivity contribution is 5.81. The first-order valence-corrected chi connectivity index (χ1v) is 10.1. The van der Waals surface area contributed by atoms with E-state index < -0.39 is 0 Å². The minimum Gasteiger partial charge on any atom is -0.494 e. The summed E-state index contributed by atoms with van der Waals surface area (Å²) in [5, 5.41) is 1.88. The number of carbonyl (C=O) groups is 1. The average Bonchev–Trinajstić information content (AvgIpc) is 3.06. The third-order valence-corrected chi connectivity index (χ3v) is 4.72. The van der Waals surface area contributed by atoms with E-state index in [2.05, 4.69) is 12.3 Å². The van der Waals surface area contributed by atoms with Gasteiger partial charge >= 0.3 is 0 Å². The summed E-state index contributed by atoms with van der Waals surface area (Å²) in [6.07, 6.45) is 13.9. The van der Waals surface area contributed by atoms with Crippen LogP contribution in [0, 0.1) is 0 Å². The lowest BCUT2D eigenvalue weighted by molar-refractivity contribution is -0.119. The van der Waals surface area contributed by atoms with Crippen molar-refractivity contribution in [2.45, 2.75) is 77.6 Å². The second-order valence-corrected chi connectivity index (χ2v) is 6.96. The van der Waals surface area contributed by atoms with E-state index in [1.807, 2.05) is 29.3 Å². The van der Waals surface area contributed by atoms with Crippen LogP contribution < -0.4 is 15.2 Å². The van der Waals surface area contributed by atoms with Crippen LogP contribution in [-0.4, -0.2) is 19.1 Å². The molecule has 0 spiro atoms. The number of nitrogens with one attached hydrogen (secondary N) is 1. The van der Waals surface area contributed by atoms with E-state index in [0.29, 0.717) is 6.42 Å². The first-order chi connectivity index (χ1) is 12.3. The highest BCUT2D eigenvalue weighted by atomic mass is 16.5. The van der Waals surface area contributed by atoms with Crippen LogP contribution in [0.2, 0.25) is 0 Å². The number of hydrogen-bond donors (Lipinski definition) is 1. The quantitative estimate of drug-likeness (QED) is 0.497. The van der Waals surface area contributed by atoms with Crippen LogP contribution in [0.3, 0.4) is 0 Å². The highest BCUT2D eigenvalue weighted by Gasteiger charge is 2.18. The van der Waals surface area contributed by atoms with Gasteiger partial charge in [-0.2, -0.15) is 0 Å². The third kappa shape index (κ3) is 7.80. The summed E-state index contributed by atoms with van der Waals surface area (Å²) >= 11 is 0. The van der Waals surface area contributed by atoms with Gasteiger partial charge < -0.3 is 4.74 Å². The maximum absolute atomic E-state index is 11.3. The van der Waals surface area contributed by atoms with Gasteiger partial charge in [0, 0.05) is 19.0 Å². The molecule has 4 nitrogen and oxygen atoms in total. The highest BCUT2D eigenvalue weighted by Crippen LogP contribution is 2.22. The molecule has 0 radical (unpaired) electrons. The normalized spacial score (nSPS) is 14.0. The van der Waals surface area contributed by atoms with Crippen molar-refractivity contribution < 1.29 is 9.53 Å². The molecule has 4 heteroatoms. The van der Waals surface area contributed by atoms with E-state index in [0.717, 1.165) is 31.0 Å². The summed E-state index contributed by atoms with van der Waals surface area (Å²) in [6, 6.07) is 7.96. The molecule has 25 heavy (non-hydrogen) atoms. The Kier molecular flexibility index (Phi) is 9.24. The number of hydrogen-bond acceptors (Lipinski definition) is 3. The van der Waals surface area contributed by atoms with Gasteiger partial charge in [0.15, 0.2) is 0 Å². The van der Waals surface area contributed by atoms with Gasteiger partial charge in [0.2, 0.25) is 5.91 Å². The molecule has 0 atom stereocenters. The molecule has 1 N–H and O–H groups in total. The zero-order valence-corrected chi connectivity index (χ0v) is 15.8. The fourth-order valence-corrected chi connectivity index (χ4v) is 3.19. The number of unbranched alkanes of at least 4 members (excludes halogenated alkanes) is 9. The second-order valence-electron chi connectivity index (χ2n) is 6.96. The SMILES string of the molecule is CCCCCCCCCCCCOc1cccc(N2CCC(=O)N2)c1. The molecule has 1 aromatic rings. The van der Waals surface area contributed by atoms with Crippen LogP contribution in [0.4, 0.5) is 5.69 Å². The minimum atomic E-state index is 0.0803. The van der Waals surface area contributed by atoms with Crippen molar-refractivity contribution in [1.82, 2.24) is 5.43 Å². The van der Waals surface area contributed by atoms with Gasteiger partial charge in [-0.15, -0.1) is 0 Å². The Balaban J connectivity index is 1.51. The minimum absolute atomic E-state index is 0.0803. The fourth-order valence-electron chi connectivity index (χ4n) is 3.19. The Morgan fingerprint density at radius 3 is 2.32 bits per heavy atom. The number of amides is 1. The maximum Gasteiger partial charge on any atom is 0.240 e. The van der Waals surface area contributed by atoms with Gasteiger partial charge in [-0.1, -0.05) is 70.8 Å². The Morgan fingerprint density at radius 1 is 1.00 bits per heavy atom. The largest absolute Gasteiger partial charge is 0.494 e. The van der Waals surface area contributed by atoms with E-state index >= 15 is 0 Å². The summed E-state index contributed by atoms with van der Waals surface area (Å²) in [4.78, 5) is 11.3. The number of ether oxygens (including phenoxy) is 1. The van der Waals surface area contributed by atoms with Crippen molar-refractivity contribution in [3.63, 3.8) is 0 Å². The molecule has 2 rings (SSSR count). The molecule has 1 heterocycles. The first-order valence-electron chi connectivity index (χ1n) is 10.1. The number of nitrogens with zero attached hydrogens (tertiary/aromatic N) is 1. The van der Waals surface area contributed by atoms with Gasteiger partial charge in [-0.3, -0.25) is 15.2 Å². The standard InChI is InChI=1S/C21H34N2O2/c1-2-3-4-5-6-7-8-9-10-11-17-25-20-14-12-13-19(18-20)23-16-15-21(24)22-23/h12-14,18H,2-11,15-17H2,1H3,(H,22,24). The molecule has 1 amide bonds. The van der Waals surface area contributed by atoms with Crippen LogP contribution in [-0.2, 0) is 4.79 Å². The Morgan fingerprint density at radius 2 is 1.68 bits per heavy atom. The van der Waals surface area contributed by atoms with E-state index in [1.54, 1.807) is 0 Å². The monoisotopic (exact) mass is 346 g/mol. The summed E-state index contributed by atoms with van der Waals surface area (Å²) in [7, 11) is 0. The number of hydrazine groups is 1. The van der Waals surface area contributed by atoms with E-state index in [4.69, 9.17) is 4.74 Å². The van der Waals surface area contributed by atoms with Crippen molar-refractivity contribution >= 4 is 11.6 Å². The van der Waals surface area contributed by atoms with Crippen LogP contribution in [0.5, 0.6) is 5.75 Å². The van der Waals surface area contributed by atoms with Gasteiger partial charge in [0.1, 0.15) is 5.75 Å². The maximum atomic E-state index is 11.3. The van der Waals surface area contributed by atoms with Gasteiger partial charge in [0.25, 0.3) is 0 Å². The summed E-state index contributed by atoms with van der Waals surface area (Å²) in [5.74, 6) is 0.964. The lowest BCUT2D eigenvalue weighted by Crippen LogP contribution is -2.32. The molecule has 1 aliphatic rings. The number of carbonyl (C=O) groups excluding carboxylic acids is 1. The average molecular weight is 347 g/mol. The Bertz CT molecular complexity index is 504. The molecule has 140 valence electrons. The van der Waals surface area contributed by atoms with E-state index in [1.165, 1.54) is 57.8 Å². The molecule has 0 unspecified atom stereocenters. The molecule has 0 saturated carbocycles. The molecular weight excluding hydrogens is 312 g/mol. The molecule has 1 aromatic carbocycles. The molecule has 0 bridgehead atoms. The predicted octanol–water partition coefficient (Wildman–Crippen LogP) is 5.23. The summed E-state index contributed by atoms with van der Waals surface area (Å²) in [6.45, 7) is 3.76. The molecule has 0 aromatic heterocycles. The predicted molar refractivity (Wildman–Crippen MR) is 104 cm³/mol. The van der Waals surface area contributed by atoms with Crippen molar-refractivity contribution in [2.75, 3.05) is 18.2 Å². The molecule has 1 aliphatic heterocycles. The second kappa shape index (κ2) is 11.8. The van der Waals surface area contributed by atoms with Crippen molar-refractivity contribution in [1.29, 1.82) is 0 Å². The van der Waals surface area contributed by atoms with Crippen LogP contribution in [0.1, 0.15) is 77.6 Å².